The number of H-pyrrole nitrogens is 1. The second-order valence-electron chi connectivity index (χ2n) is 4.10. The molecule has 0 aliphatic rings. The van der Waals surface area contributed by atoms with Crippen LogP contribution in [0.5, 0.6) is 0 Å². The van der Waals surface area contributed by atoms with Crippen molar-refractivity contribution in [2.24, 2.45) is 0 Å². The first-order valence-corrected chi connectivity index (χ1v) is 5.74. The van der Waals surface area contributed by atoms with E-state index in [2.05, 4.69) is 21.2 Å². The number of aromatic amines is 1. The summed E-state index contributed by atoms with van der Waals surface area (Å²) in [7, 11) is 0. The molecule has 1 aromatic carbocycles. The van der Waals surface area contributed by atoms with Gasteiger partial charge in [0.25, 0.3) is 0 Å². The fourth-order valence-electron chi connectivity index (χ4n) is 1.74. The first kappa shape index (κ1) is 11.5. The number of aromatic nitrogens is 3. The Morgan fingerprint density at radius 2 is 2.29 bits per heavy atom. The van der Waals surface area contributed by atoms with Gasteiger partial charge in [-0.1, -0.05) is 30.7 Å². The molecule has 0 fully saturated rings. The number of aryl methyl sites for hydroxylation is 1. The molecule has 0 saturated carbocycles. The number of hydrogen-bond acceptors (Lipinski definition) is 3. The third-order valence-electron chi connectivity index (χ3n) is 2.77. The molecular weight excluding hydrogens is 212 g/mol. The van der Waals surface area contributed by atoms with E-state index in [1.165, 1.54) is 11.8 Å². The van der Waals surface area contributed by atoms with Crippen molar-refractivity contribution in [2.45, 2.75) is 26.2 Å². The lowest BCUT2D eigenvalue weighted by atomic mass is 10.1. The average molecular weight is 228 g/mol. The van der Waals surface area contributed by atoms with Crippen LogP contribution >= 0.6 is 0 Å². The van der Waals surface area contributed by atoms with E-state index in [0.717, 1.165) is 17.8 Å². The Labute approximate surface area is 101 Å². The summed E-state index contributed by atoms with van der Waals surface area (Å²) >= 11 is 0. The van der Waals surface area contributed by atoms with Crippen molar-refractivity contribution >= 4 is 6.21 Å². The molecule has 1 unspecified atom stereocenters. The third kappa shape index (κ3) is 2.41. The van der Waals surface area contributed by atoms with Crippen molar-refractivity contribution in [1.82, 2.24) is 15.2 Å². The first-order valence-electron chi connectivity index (χ1n) is 5.74. The molecule has 17 heavy (non-hydrogen) atoms. The third-order valence-corrected chi connectivity index (χ3v) is 2.77. The van der Waals surface area contributed by atoms with Crippen LogP contribution in [0.4, 0.5) is 0 Å². The molecule has 2 N–H and O–H groups in total. The van der Waals surface area contributed by atoms with E-state index in [4.69, 9.17) is 5.41 Å². The minimum absolute atomic E-state index is 0.0288. The van der Waals surface area contributed by atoms with Crippen molar-refractivity contribution in [3.8, 4) is 11.4 Å². The lowest BCUT2D eigenvalue weighted by Gasteiger charge is -2.02. The summed E-state index contributed by atoms with van der Waals surface area (Å²) < 4.78 is 0. The maximum Gasteiger partial charge on any atom is 0.181 e. The molecule has 0 spiro atoms. The van der Waals surface area contributed by atoms with E-state index in [1.807, 2.05) is 32.0 Å². The lowest BCUT2D eigenvalue weighted by molar-refractivity contribution is 0.786. The van der Waals surface area contributed by atoms with Gasteiger partial charge in [0.1, 0.15) is 5.82 Å². The minimum Gasteiger partial charge on any atom is -0.312 e. The zero-order valence-electron chi connectivity index (χ0n) is 10.1. The summed E-state index contributed by atoms with van der Waals surface area (Å²) in [4.78, 5) is 4.45. The molecular formula is C13H16N4. The minimum atomic E-state index is 0.0288. The number of rotatable bonds is 4. The molecule has 0 saturated heterocycles. The van der Waals surface area contributed by atoms with Crippen molar-refractivity contribution < 1.29 is 0 Å². The van der Waals surface area contributed by atoms with Crippen LogP contribution in [0.3, 0.4) is 0 Å². The zero-order valence-corrected chi connectivity index (χ0v) is 10.1. The summed E-state index contributed by atoms with van der Waals surface area (Å²) in [5, 5.41) is 14.5. The van der Waals surface area contributed by atoms with E-state index in [9.17, 15) is 0 Å². The van der Waals surface area contributed by atoms with E-state index in [-0.39, 0.29) is 5.92 Å². The van der Waals surface area contributed by atoms with E-state index in [0.29, 0.717) is 5.82 Å². The first-order chi connectivity index (χ1) is 8.24. The van der Waals surface area contributed by atoms with Crippen molar-refractivity contribution in [1.29, 1.82) is 5.41 Å². The standard InChI is InChI=1S/C13H16N4/c1-3-10(8-14)12-15-13(17-16-12)11-6-4-5-9(2)7-11/h4-8,10,14H,3H2,1-2H3,(H,15,16,17). The van der Waals surface area contributed by atoms with E-state index in [1.54, 1.807) is 0 Å². The molecule has 0 aliphatic carbocycles. The number of nitrogens with zero attached hydrogens (tertiary/aromatic N) is 2. The molecule has 0 bridgehead atoms. The molecule has 0 amide bonds. The van der Waals surface area contributed by atoms with Crippen LogP contribution in [-0.4, -0.2) is 21.4 Å². The largest absolute Gasteiger partial charge is 0.312 e. The van der Waals surface area contributed by atoms with Crippen molar-refractivity contribution in [2.75, 3.05) is 0 Å². The number of benzene rings is 1. The topological polar surface area (TPSA) is 65.4 Å². The van der Waals surface area contributed by atoms with E-state index < -0.39 is 0 Å². The second-order valence-corrected chi connectivity index (χ2v) is 4.10. The molecule has 1 aromatic heterocycles. The van der Waals surface area contributed by atoms with Gasteiger partial charge in [0, 0.05) is 11.8 Å². The average Bonchev–Trinajstić information content (AvgIpc) is 2.80. The van der Waals surface area contributed by atoms with Gasteiger partial charge in [-0.25, -0.2) is 4.98 Å². The van der Waals surface area contributed by atoms with Crippen LogP contribution in [0.15, 0.2) is 24.3 Å². The molecule has 4 heteroatoms. The van der Waals surface area contributed by atoms with E-state index >= 15 is 0 Å². The molecule has 1 heterocycles. The smallest absolute Gasteiger partial charge is 0.181 e. The summed E-state index contributed by atoms with van der Waals surface area (Å²) in [6, 6.07) is 8.09. The highest BCUT2D eigenvalue weighted by Crippen LogP contribution is 2.19. The van der Waals surface area contributed by atoms with Gasteiger partial charge in [0.05, 0.1) is 5.92 Å². The Hall–Kier alpha value is -1.97. The second kappa shape index (κ2) is 4.91. The van der Waals surface area contributed by atoms with Crippen LogP contribution in [0.25, 0.3) is 11.4 Å². The molecule has 1 atom stereocenters. The Morgan fingerprint density at radius 3 is 2.94 bits per heavy atom. The normalized spacial score (nSPS) is 12.4. The highest BCUT2D eigenvalue weighted by Gasteiger charge is 2.12. The summed E-state index contributed by atoms with van der Waals surface area (Å²) in [6.07, 6.45) is 2.26. The predicted octanol–water partition coefficient (Wildman–Crippen LogP) is 2.92. The maximum absolute atomic E-state index is 7.33. The van der Waals surface area contributed by atoms with Gasteiger partial charge >= 0.3 is 0 Å². The quantitative estimate of drug-likeness (QED) is 0.790. The van der Waals surface area contributed by atoms with Gasteiger partial charge < -0.3 is 5.41 Å². The van der Waals surface area contributed by atoms with Gasteiger partial charge in [-0.05, 0) is 19.4 Å². The molecule has 88 valence electrons. The lowest BCUT2D eigenvalue weighted by Crippen LogP contribution is -2.00. The highest BCUT2D eigenvalue weighted by molar-refractivity contribution is 5.63. The molecule has 0 aliphatic heterocycles. The van der Waals surface area contributed by atoms with Gasteiger partial charge in [-0.3, -0.25) is 5.10 Å². The Balaban J connectivity index is 2.32. The van der Waals surface area contributed by atoms with Gasteiger partial charge in [-0.15, -0.1) is 0 Å². The number of nitrogens with one attached hydrogen (secondary N) is 2. The summed E-state index contributed by atoms with van der Waals surface area (Å²) in [5.74, 6) is 1.49. The van der Waals surface area contributed by atoms with Crippen LogP contribution in [-0.2, 0) is 0 Å². The van der Waals surface area contributed by atoms with Gasteiger partial charge in [0.15, 0.2) is 5.82 Å². The van der Waals surface area contributed by atoms with Crippen molar-refractivity contribution in [3.63, 3.8) is 0 Å². The van der Waals surface area contributed by atoms with Crippen LogP contribution in [0.1, 0.15) is 30.7 Å². The maximum atomic E-state index is 7.33. The molecule has 2 rings (SSSR count). The Bertz CT molecular complexity index is 516. The number of hydrogen-bond donors (Lipinski definition) is 2. The fraction of sp³-hybridized carbons (Fsp3) is 0.308. The van der Waals surface area contributed by atoms with Crippen LogP contribution < -0.4 is 0 Å². The molecule has 2 aromatic rings. The molecule has 4 nitrogen and oxygen atoms in total. The SMILES string of the molecule is CCC(C=N)c1nc(-c2cccc(C)c2)n[nH]1. The van der Waals surface area contributed by atoms with Gasteiger partial charge in [0.2, 0.25) is 0 Å². The van der Waals surface area contributed by atoms with Gasteiger partial charge in [-0.2, -0.15) is 5.10 Å². The van der Waals surface area contributed by atoms with Crippen LogP contribution in [0, 0.1) is 12.3 Å². The zero-order chi connectivity index (χ0) is 12.3. The van der Waals surface area contributed by atoms with Crippen molar-refractivity contribution in [3.05, 3.63) is 35.7 Å². The highest BCUT2D eigenvalue weighted by atomic mass is 15.2. The van der Waals surface area contributed by atoms with Crippen LogP contribution in [0.2, 0.25) is 0 Å². The summed E-state index contributed by atoms with van der Waals surface area (Å²) in [6.45, 7) is 4.08. The molecule has 0 radical (unpaired) electrons. The summed E-state index contributed by atoms with van der Waals surface area (Å²) in [5.41, 5.74) is 2.19. The predicted molar refractivity (Wildman–Crippen MR) is 68.4 cm³/mol. The Morgan fingerprint density at radius 1 is 1.47 bits per heavy atom. The Kier molecular flexibility index (Phi) is 3.32. The monoisotopic (exact) mass is 228 g/mol. The fourth-order valence-corrected chi connectivity index (χ4v) is 1.74.